The van der Waals surface area contributed by atoms with Crippen LogP contribution in [-0.2, 0) is 0 Å². The second-order valence-electron chi connectivity index (χ2n) is 4.83. The van der Waals surface area contributed by atoms with E-state index in [1.165, 1.54) is 0 Å². The maximum absolute atomic E-state index is 5.22. The van der Waals surface area contributed by atoms with Gasteiger partial charge >= 0.3 is 0 Å². The topological polar surface area (TPSA) is 34.5 Å². The molecule has 1 heterocycles. The van der Waals surface area contributed by atoms with Gasteiger partial charge in [-0.15, -0.1) is 0 Å². The summed E-state index contributed by atoms with van der Waals surface area (Å²) in [6.45, 7) is 1.99. The van der Waals surface area contributed by atoms with Crippen molar-refractivity contribution in [1.29, 1.82) is 0 Å². The first kappa shape index (κ1) is 13.3. The van der Waals surface area contributed by atoms with Gasteiger partial charge in [0.1, 0.15) is 5.75 Å². The first-order chi connectivity index (χ1) is 10.3. The highest BCUT2D eigenvalue weighted by Crippen LogP contribution is 2.25. The molecular formula is C18H16N2O. The fourth-order valence-corrected chi connectivity index (χ4v) is 2.22. The molecule has 1 aromatic heterocycles. The molecule has 104 valence electrons. The third-order valence-corrected chi connectivity index (χ3v) is 3.29. The summed E-state index contributed by atoms with van der Waals surface area (Å²) in [5, 5.41) is 1.06. The Hall–Kier alpha value is -2.68. The highest BCUT2D eigenvalue weighted by atomic mass is 16.5. The summed E-state index contributed by atoms with van der Waals surface area (Å²) < 4.78 is 5.22. The van der Waals surface area contributed by atoms with Crippen molar-refractivity contribution in [2.24, 2.45) is 4.99 Å². The van der Waals surface area contributed by atoms with Gasteiger partial charge in [0.25, 0.3) is 0 Å². The summed E-state index contributed by atoms with van der Waals surface area (Å²) in [5.74, 6) is 0.828. The minimum absolute atomic E-state index is 0.828. The van der Waals surface area contributed by atoms with Gasteiger partial charge in [-0.2, -0.15) is 0 Å². The van der Waals surface area contributed by atoms with Crippen LogP contribution in [0.15, 0.2) is 59.6 Å². The van der Waals surface area contributed by atoms with Crippen LogP contribution in [0, 0.1) is 6.92 Å². The zero-order valence-electron chi connectivity index (χ0n) is 12.1. The van der Waals surface area contributed by atoms with Crippen LogP contribution in [0.3, 0.4) is 0 Å². The normalized spacial score (nSPS) is 11.1. The standard InChI is InChI=1S/C18H16N2O/c1-13-9-10-16-17(7-4-8-18(16)20-13)19-12-14-5-3-6-15(11-14)21-2/h3-12H,1-2H3/b19-12-. The van der Waals surface area contributed by atoms with Crippen LogP contribution in [0.1, 0.15) is 11.3 Å². The average Bonchev–Trinajstić information content (AvgIpc) is 2.52. The molecule has 0 saturated heterocycles. The summed E-state index contributed by atoms with van der Waals surface area (Å²) >= 11 is 0. The van der Waals surface area contributed by atoms with Crippen LogP contribution in [0.25, 0.3) is 10.9 Å². The van der Waals surface area contributed by atoms with Crippen molar-refractivity contribution in [2.45, 2.75) is 6.92 Å². The molecule has 0 spiro atoms. The van der Waals surface area contributed by atoms with E-state index in [9.17, 15) is 0 Å². The van der Waals surface area contributed by atoms with E-state index < -0.39 is 0 Å². The molecule has 0 saturated carbocycles. The number of aryl methyl sites for hydroxylation is 1. The van der Waals surface area contributed by atoms with Crippen molar-refractivity contribution in [3.05, 3.63) is 65.9 Å². The number of nitrogens with zero attached hydrogens (tertiary/aromatic N) is 2. The Kier molecular flexibility index (Phi) is 3.65. The highest BCUT2D eigenvalue weighted by molar-refractivity contribution is 5.93. The lowest BCUT2D eigenvalue weighted by atomic mass is 10.1. The summed E-state index contributed by atoms with van der Waals surface area (Å²) in [7, 11) is 1.66. The number of methoxy groups -OCH3 is 1. The minimum atomic E-state index is 0.828. The molecule has 0 radical (unpaired) electrons. The fourth-order valence-electron chi connectivity index (χ4n) is 2.22. The zero-order chi connectivity index (χ0) is 14.7. The van der Waals surface area contributed by atoms with Gasteiger partial charge in [-0.3, -0.25) is 9.98 Å². The van der Waals surface area contributed by atoms with Crippen LogP contribution >= 0.6 is 0 Å². The predicted molar refractivity (Wildman–Crippen MR) is 86.7 cm³/mol. The average molecular weight is 276 g/mol. The zero-order valence-corrected chi connectivity index (χ0v) is 12.1. The number of rotatable bonds is 3. The molecule has 0 bridgehead atoms. The molecule has 0 fully saturated rings. The Morgan fingerprint density at radius 3 is 2.76 bits per heavy atom. The van der Waals surface area contributed by atoms with Crippen molar-refractivity contribution in [3.8, 4) is 5.75 Å². The molecule has 0 aliphatic rings. The molecule has 0 aliphatic heterocycles. The quantitative estimate of drug-likeness (QED) is 0.668. The minimum Gasteiger partial charge on any atom is -0.497 e. The predicted octanol–water partition coefficient (Wildman–Crippen LogP) is 4.30. The van der Waals surface area contributed by atoms with Gasteiger partial charge in [-0.05, 0) is 48.9 Å². The third kappa shape index (κ3) is 2.92. The largest absolute Gasteiger partial charge is 0.497 e. The summed E-state index contributed by atoms with van der Waals surface area (Å²) in [4.78, 5) is 9.11. The number of ether oxygens (including phenoxy) is 1. The molecule has 3 rings (SSSR count). The second-order valence-corrected chi connectivity index (χ2v) is 4.83. The molecule has 3 nitrogen and oxygen atoms in total. The molecule has 0 aliphatic carbocycles. The summed E-state index contributed by atoms with van der Waals surface area (Å²) in [6.07, 6.45) is 1.84. The van der Waals surface area contributed by atoms with E-state index in [4.69, 9.17) is 4.74 Å². The first-order valence-electron chi connectivity index (χ1n) is 6.81. The lowest BCUT2D eigenvalue weighted by molar-refractivity contribution is 0.415. The highest BCUT2D eigenvalue weighted by Gasteiger charge is 2.00. The maximum Gasteiger partial charge on any atom is 0.119 e. The number of aromatic nitrogens is 1. The van der Waals surface area contributed by atoms with Crippen LogP contribution in [0.2, 0.25) is 0 Å². The van der Waals surface area contributed by atoms with E-state index in [0.717, 1.165) is 33.6 Å². The van der Waals surface area contributed by atoms with Crippen molar-refractivity contribution >= 4 is 22.8 Å². The van der Waals surface area contributed by atoms with Gasteiger partial charge in [-0.25, -0.2) is 0 Å². The van der Waals surface area contributed by atoms with Crippen LogP contribution in [0.5, 0.6) is 5.75 Å². The molecular weight excluding hydrogens is 260 g/mol. The lowest BCUT2D eigenvalue weighted by Crippen LogP contribution is -1.86. The van der Waals surface area contributed by atoms with E-state index in [-0.39, 0.29) is 0 Å². The smallest absolute Gasteiger partial charge is 0.119 e. The van der Waals surface area contributed by atoms with Gasteiger partial charge in [0.2, 0.25) is 0 Å². The second kappa shape index (κ2) is 5.75. The maximum atomic E-state index is 5.22. The number of hydrogen-bond acceptors (Lipinski definition) is 3. The SMILES string of the molecule is COc1cccc(/C=N\c2cccc3nc(C)ccc23)c1. The summed E-state index contributed by atoms with van der Waals surface area (Å²) in [6, 6.07) is 17.9. The van der Waals surface area contributed by atoms with Crippen molar-refractivity contribution in [1.82, 2.24) is 4.98 Å². The van der Waals surface area contributed by atoms with Gasteiger partial charge in [0.15, 0.2) is 0 Å². The van der Waals surface area contributed by atoms with Crippen molar-refractivity contribution in [2.75, 3.05) is 7.11 Å². The Morgan fingerprint density at radius 2 is 1.90 bits per heavy atom. The third-order valence-electron chi connectivity index (χ3n) is 3.29. The monoisotopic (exact) mass is 276 g/mol. The number of aliphatic imine (C=N–C) groups is 1. The Balaban J connectivity index is 1.99. The van der Waals surface area contributed by atoms with Gasteiger partial charge in [-0.1, -0.05) is 18.2 Å². The molecule has 0 N–H and O–H groups in total. The number of pyridine rings is 1. The van der Waals surface area contributed by atoms with Crippen molar-refractivity contribution in [3.63, 3.8) is 0 Å². The Bertz CT molecular complexity index is 809. The Morgan fingerprint density at radius 1 is 1.05 bits per heavy atom. The van der Waals surface area contributed by atoms with E-state index in [1.54, 1.807) is 7.11 Å². The van der Waals surface area contributed by atoms with Gasteiger partial charge in [0.05, 0.1) is 18.3 Å². The molecule has 0 atom stereocenters. The number of hydrogen-bond donors (Lipinski definition) is 0. The van der Waals surface area contributed by atoms with Gasteiger partial charge in [0, 0.05) is 17.3 Å². The van der Waals surface area contributed by atoms with Crippen LogP contribution < -0.4 is 4.74 Å². The molecule has 2 aromatic carbocycles. The summed E-state index contributed by atoms with van der Waals surface area (Å²) in [5.41, 5.74) is 3.90. The van der Waals surface area contributed by atoms with Gasteiger partial charge < -0.3 is 4.74 Å². The van der Waals surface area contributed by atoms with Crippen LogP contribution in [0.4, 0.5) is 5.69 Å². The molecule has 0 unspecified atom stereocenters. The number of benzene rings is 2. The van der Waals surface area contributed by atoms with E-state index >= 15 is 0 Å². The number of fused-ring (bicyclic) bond motifs is 1. The molecule has 21 heavy (non-hydrogen) atoms. The Labute approximate surface area is 123 Å². The van der Waals surface area contributed by atoms with Crippen LogP contribution in [-0.4, -0.2) is 18.3 Å². The molecule has 3 heteroatoms. The molecule has 0 amide bonds. The molecule has 3 aromatic rings. The fraction of sp³-hybridized carbons (Fsp3) is 0.111. The first-order valence-corrected chi connectivity index (χ1v) is 6.81. The van der Waals surface area contributed by atoms with E-state index in [2.05, 4.69) is 16.0 Å². The lowest BCUT2D eigenvalue weighted by Gasteiger charge is -2.03. The van der Waals surface area contributed by atoms with E-state index in [0.29, 0.717) is 0 Å². The van der Waals surface area contributed by atoms with Crippen molar-refractivity contribution < 1.29 is 4.74 Å². The van der Waals surface area contributed by atoms with E-state index in [1.807, 2.05) is 61.7 Å².